The number of hydrogen-bond acceptors (Lipinski definition) is 3. The highest BCUT2D eigenvalue weighted by molar-refractivity contribution is 5.79. The molecule has 0 bridgehead atoms. The Bertz CT molecular complexity index is 1020. The van der Waals surface area contributed by atoms with Crippen molar-refractivity contribution in [2.75, 3.05) is 12.0 Å². The van der Waals surface area contributed by atoms with E-state index >= 15 is 0 Å². The first-order valence-electron chi connectivity index (χ1n) is 10.4. The van der Waals surface area contributed by atoms with Crippen molar-refractivity contribution in [1.82, 2.24) is 14.8 Å². The average Bonchev–Trinajstić information content (AvgIpc) is 3.19. The second kappa shape index (κ2) is 10.1. The highest BCUT2D eigenvalue weighted by Crippen LogP contribution is 2.35. The fourth-order valence-corrected chi connectivity index (χ4v) is 3.67. The normalized spacial score (nSPS) is 18.0. The maximum Gasteiger partial charge on any atom is 0.416 e. The van der Waals surface area contributed by atoms with Crippen LogP contribution in [0.3, 0.4) is 0 Å². The Balaban J connectivity index is 2.02. The Labute approximate surface area is 183 Å². The van der Waals surface area contributed by atoms with Gasteiger partial charge in [-0.05, 0) is 56.0 Å². The van der Waals surface area contributed by atoms with Crippen LogP contribution in [0, 0.1) is 5.82 Å². The van der Waals surface area contributed by atoms with Crippen molar-refractivity contribution in [3.05, 3.63) is 71.0 Å². The molecule has 1 N–H and O–H groups in total. The van der Waals surface area contributed by atoms with Gasteiger partial charge in [0.25, 0.3) is 0 Å². The zero-order chi connectivity index (χ0) is 23.3. The number of alkyl halides is 4. The molecule has 0 spiro atoms. The predicted octanol–water partition coefficient (Wildman–Crippen LogP) is 6.56. The van der Waals surface area contributed by atoms with Crippen LogP contribution in [0.1, 0.15) is 50.5 Å². The zero-order valence-electron chi connectivity index (χ0n) is 17.9. The smallest absolute Gasteiger partial charge is 0.362 e. The molecule has 1 atom stereocenters. The molecule has 1 unspecified atom stereocenters. The molecule has 0 amide bonds. The first-order chi connectivity index (χ1) is 15.3. The van der Waals surface area contributed by atoms with Gasteiger partial charge in [0.2, 0.25) is 0 Å². The molecule has 0 aromatic carbocycles. The highest BCUT2D eigenvalue weighted by Gasteiger charge is 2.33. The first kappa shape index (κ1) is 23.7. The third kappa shape index (κ3) is 5.44. The maximum absolute atomic E-state index is 13.7. The lowest BCUT2D eigenvalue weighted by Crippen LogP contribution is -2.22. The van der Waals surface area contributed by atoms with Gasteiger partial charge in [-0.3, -0.25) is 4.68 Å². The van der Waals surface area contributed by atoms with E-state index in [9.17, 15) is 22.0 Å². The zero-order valence-corrected chi connectivity index (χ0v) is 17.9. The van der Waals surface area contributed by atoms with E-state index in [2.05, 4.69) is 15.4 Å². The maximum atomic E-state index is 13.7. The number of nitrogens with zero attached hydrogens (tertiary/aromatic N) is 3. The Kier molecular flexibility index (Phi) is 7.48. The summed E-state index contributed by atoms with van der Waals surface area (Å²) >= 11 is 0. The number of anilines is 1. The summed E-state index contributed by atoms with van der Waals surface area (Å²) in [7, 11) is 0. The van der Waals surface area contributed by atoms with Crippen LogP contribution < -0.4 is 5.32 Å². The van der Waals surface area contributed by atoms with Crippen LogP contribution in [-0.4, -0.2) is 27.6 Å². The fraction of sp³-hybridized carbons (Fsp3) is 0.391. The van der Waals surface area contributed by atoms with Gasteiger partial charge in [-0.1, -0.05) is 19.1 Å². The van der Waals surface area contributed by atoms with E-state index in [1.165, 1.54) is 18.2 Å². The second-order valence-electron chi connectivity index (χ2n) is 7.45. The number of aryl methyl sites for hydroxylation is 1. The van der Waals surface area contributed by atoms with E-state index in [0.29, 0.717) is 12.4 Å². The van der Waals surface area contributed by atoms with Gasteiger partial charge < -0.3 is 5.32 Å². The molecule has 0 saturated carbocycles. The van der Waals surface area contributed by atoms with Gasteiger partial charge in [-0.15, -0.1) is 0 Å². The third-order valence-corrected chi connectivity index (χ3v) is 5.25. The molecule has 3 rings (SSSR count). The number of hydrogen-bond donors (Lipinski definition) is 1. The molecule has 0 aliphatic carbocycles. The van der Waals surface area contributed by atoms with Crippen molar-refractivity contribution in [2.45, 2.75) is 51.9 Å². The van der Waals surface area contributed by atoms with Crippen LogP contribution >= 0.6 is 0 Å². The summed E-state index contributed by atoms with van der Waals surface area (Å²) in [6.45, 7) is 2.87. The average molecular weight is 452 g/mol. The molecule has 1 aliphatic rings. The van der Waals surface area contributed by atoms with Gasteiger partial charge in [-0.25, -0.2) is 13.8 Å². The number of pyridine rings is 1. The second-order valence-corrected chi connectivity index (χ2v) is 7.45. The van der Waals surface area contributed by atoms with Crippen molar-refractivity contribution in [2.24, 2.45) is 0 Å². The largest absolute Gasteiger partial charge is 0.416 e. The molecule has 32 heavy (non-hydrogen) atoms. The van der Waals surface area contributed by atoms with Crippen molar-refractivity contribution >= 4 is 11.4 Å². The summed E-state index contributed by atoms with van der Waals surface area (Å²) in [6, 6.07) is 4.28. The molecule has 4 nitrogen and oxygen atoms in total. The van der Waals surface area contributed by atoms with E-state index in [0.717, 1.165) is 36.9 Å². The topological polar surface area (TPSA) is 42.7 Å². The summed E-state index contributed by atoms with van der Waals surface area (Å²) in [5, 5.41) is 7.72. The van der Waals surface area contributed by atoms with Crippen LogP contribution in [0.15, 0.2) is 53.8 Å². The van der Waals surface area contributed by atoms with Gasteiger partial charge in [0, 0.05) is 12.1 Å². The fourth-order valence-electron chi connectivity index (χ4n) is 3.67. The standard InChI is InChI=1S/C23H25F5N4/c1-3-6-16(23(26,27)28)11-18(15(4-2)13-24)20-12-21-19(7-5-10-32(21)31-20)30-22-9-8-17(25)14-29-22/h4,6,8-9,11-12,14,19H,3,5,7,10,13H2,1-2H3,(H,29,30)/b15-4-,16-6-,18-11+. The first-order valence-corrected chi connectivity index (χ1v) is 10.4. The Morgan fingerprint density at radius 2 is 2.09 bits per heavy atom. The summed E-state index contributed by atoms with van der Waals surface area (Å²) in [6.07, 6.45) is 1.77. The lowest BCUT2D eigenvalue weighted by Gasteiger charge is -2.24. The number of nitrogens with one attached hydrogen (secondary N) is 1. The molecular weight excluding hydrogens is 427 g/mol. The third-order valence-electron chi connectivity index (χ3n) is 5.25. The molecule has 2 aromatic rings. The minimum Gasteiger partial charge on any atom is -0.362 e. The molecule has 172 valence electrons. The highest BCUT2D eigenvalue weighted by atomic mass is 19.4. The van der Waals surface area contributed by atoms with E-state index in [1.54, 1.807) is 24.6 Å². The van der Waals surface area contributed by atoms with E-state index in [1.807, 2.05) is 0 Å². The number of fused-ring (bicyclic) bond motifs is 1. The van der Waals surface area contributed by atoms with E-state index in [4.69, 9.17) is 0 Å². The van der Waals surface area contributed by atoms with Gasteiger partial charge in [0.05, 0.1) is 29.2 Å². The van der Waals surface area contributed by atoms with Gasteiger partial charge >= 0.3 is 6.18 Å². The number of halogens is 5. The minimum absolute atomic E-state index is 0.104. The van der Waals surface area contributed by atoms with Gasteiger partial charge in [-0.2, -0.15) is 18.3 Å². The lowest BCUT2D eigenvalue weighted by molar-refractivity contribution is -0.0883. The summed E-state index contributed by atoms with van der Waals surface area (Å²) in [5.74, 6) is 0.0264. The lowest BCUT2D eigenvalue weighted by atomic mass is 9.98. The summed E-state index contributed by atoms with van der Waals surface area (Å²) in [5.41, 5.74) is 0.436. The van der Waals surface area contributed by atoms with Gasteiger partial charge in [0.15, 0.2) is 0 Å². The van der Waals surface area contributed by atoms with Crippen LogP contribution in [0.4, 0.5) is 27.8 Å². The van der Waals surface area contributed by atoms with Crippen LogP contribution in [0.5, 0.6) is 0 Å². The van der Waals surface area contributed by atoms with E-state index in [-0.39, 0.29) is 29.3 Å². The van der Waals surface area contributed by atoms with Crippen LogP contribution in [0.25, 0.3) is 5.57 Å². The molecule has 2 aromatic heterocycles. The molecule has 0 radical (unpaired) electrons. The minimum atomic E-state index is -4.56. The van der Waals surface area contributed by atoms with Crippen molar-refractivity contribution in [1.29, 1.82) is 0 Å². The summed E-state index contributed by atoms with van der Waals surface area (Å²) in [4.78, 5) is 4.01. The number of rotatable bonds is 7. The predicted molar refractivity (Wildman–Crippen MR) is 114 cm³/mol. The van der Waals surface area contributed by atoms with Crippen molar-refractivity contribution < 1.29 is 22.0 Å². The quantitative estimate of drug-likeness (QED) is 0.382. The molecule has 1 aliphatic heterocycles. The van der Waals surface area contributed by atoms with Crippen LogP contribution in [-0.2, 0) is 6.54 Å². The van der Waals surface area contributed by atoms with Crippen LogP contribution in [0.2, 0.25) is 0 Å². The number of aromatic nitrogens is 3. The molecule has 0 fully saturated rings. The van der Waals surface area contributed by atoms with Crippen molar-refractivity contribution in [3.8, 4) is 0 Å². The Morgan fingerprint density at radius 3 is 2.69 bits per heavy atom. The molecule has 9 heteroatoms. The Hall–Kier alpha value is -2.97. The number of allylic oxidation sites excluding steroid dienone is 6. The van der Waals surface area contributed by atoms with Crippen molar-refractivity contribution in [3.63, 3.8) is 0 Å². The summed E-state index contributed by atoms with van der Waals surface area (Å²) < 4.78 is 69.1. The van der Waals surface area contributed by atoms with Gasteiger partial charge in [0.1, 0.15) is 18.3 Å². The monoisotopic (exact) mass is 452 g/mol. The van der Waals surface area contributed by atoms with E-state index < -0.39 is 24.2 Å². The Morgan fingerprint density at radius 1 is 1.31 bits per heavy atom. The molecular formula is C23H25F5N4. The molecule has 0 saturated heterocycles. The SMILES string of the molecule is C\C=C(CF)/C(=C\C(=C\CC)C(F)(F)F)c1cc2n(n1)CCCC2Nc1ccc(F)cn1. The molecule has 3 heterocycles.